The second-order valence-electron chi connectivity index (χ2n) is 3.24. The lowest BCUT2D eigenvalue weighted by Gasteiger charge is -2.03. The smallest absolute Gasteiger partial charge is 0.119 e. The number of rotatable bonds is 3. The van der Waals surface area contributed by atoms with E-state index in [0.29, 0.717) is 0 Å². The van der Waals surface area contributed by atoms with Gasteiger partial charge in [-0.15, -0.1) is 0 Å². The molecule has 0 spiro atoms. The maximum absolute atomic E-state index is 11.5. The molecule has 0 aliphatic heterocycles. The fourth-order valence-corrected chi connectivity index (χ4v) is 2.15. The average molecular weight is 208 g/mol. The van der Waals surface area contributed by atoms with Gasteiger partial charge in [-0.25, -0.2) is 4.21 Å². The predicted molar refractivity (Wildman–Crippen MR) is 56.2 cm³/mol. The minimum atomic E-state index is -2.76. The highest BCUT2D eigenvalue weighted by atomic mass is 32.2. The summed E-state index contributed by atoms with van der Waals surface area (Å²) in [6, 6.07) is 9.30. The third-order valence-electron chi connectivity index (χ3n) is 1.82. The van der Waals surface area contributed by atoms with Crippen LogP contribution in [0, 0.1) is 23.0 Å². The number of nitrogens with one attached hydrogen (secondary N) is 1. The first-order valence-corrected chi connectivity index (χ1v) is 6.10. The fourth-order valence-electron chi connectivity index (χ4n) is 1.11. The lowest BCUT2D eigenvalue weighted by Crippen LogP contribution is -2.05. The third kappa shape index (κ3) is 3.19. The molecule has 1 unspecified atom stereocenters. The summed E-state index contributed by atoms with van der Waals surface area (Å²) in [5.41, 5.74) is 1.98. The van der Waals surface area contributed by atoms with Crippen molar-refractivity contribution < 1.29 is 4.21 Å². The molecule has 74 valence electrons. The van der Waals surface area contributed by atoms with E-state index in [2.05, 4.69) is 0 Å². The van der Waals surface area contributed by atoms with Gasteiger partial charge in [-0.3, -0.25) is 4.78 Å². The van der Waals surface area contributed by atoms with E-state index in [1.54, 1.807) is 6.07 Å². The van der Waals surface area contributed by atoms with Crippen LogP contribution in [0.25, 0.3) is 0 Å². The predicted octanol–water partition coefficient (Wildman–Crippen LogP) is 2.07. The number of nitrogens with zero attached hydrogens (tertiary/aromatic N) is 1. The van der Waals surface area contributed by atoms with Gasteiger partial charge in [-0.2, -0.15) is 5.26 Å². The van der Waals surface area contributed by atoms with Crippen LogP contribution in [-0.4, -0.2) is 9.96 Å². The van der Waals surface area contributed by atoms with Gasteiger partial charge >= 0.3 is 0 Å². The molecule has 0 heterocycles. The lowest BCUT2D eigenvalue weighted by molar-refractivity contribution is 0.676. The van der Waals surface area contributed by atoms with E-state index in [1.165, 1.54) is 0 Å². The molecule has 1 aromatic rings. The van der Waals surface area contributed by atoms with E-state index in [1.807, 2.05) is 31.2 Å². The highest BCUT2D eigenvalue weighted by molar-refractivity contribution is 7.91. The van der Waals surface area contributed by atoms with Crippen LogP contribution in [0.2, 0.25) is 0 Å². The van der Waals surface area contributed by atoms with Gasteiger partial charge < -0.3 is 0 Å². The standard InChI is InChI=1S/C10H12N2OS/c1-9-2-4-10(5-3-9)8-14(12,13)7-6-11/h2-5,12H,7-8H2,1H3. The van der Waals surface area contributed by atoms with E-state index in [9.17, 15) is 4.21 Å². The van der Waals surface area contributed by atoms with E-state index in [-0.39, 0.29) is 11.5 Å². The summed E-state index contributed by atoms with van der Waals surface area (Å²) in [6.45, 7) is 1.97. The van der Waals surface area contributed by atoms with Crippen molar-refractivity contribution in [1.82, 2.24) is 0 Å². The molecule has 1 atom stereocenters. The summed E-state index contributed by atoms with van der Waals surface area (Å²) in [5.74, 6) is -0.0261. The van der Waals surface area contributed by atoms with Crippen LogP contribution in [0.15, 0.2) is 24.3 Å². The molecule has 14 heavy (non-hydrogen) atoms. The van der Waals surface area contributed by atoms with Crippen LogP contribution in [0.3, 0.4) is 0 Å². The molecule has 0 aliphatic rings. The fraction of sp³-hybridized carbons (Fsp3) is 0.300. The Bertz CT molecular complexity index is 440. The summed E-state index contributed by atoms with van der Waals surface area (Å²) in [6.07, 6.45) is 0. The Labute approximate surface area is 84.4 Å². The Morgan fingerprint density at radius 2 is 2.00 bits per heavy atom. The molecule has 0 saturated carbocycles. The van der Waals surface area contributed by atoms with E-state index < -0.39 is 9.73 Å². The molecular formula is C10H12N2OS. The Morgan fingerprint density at radius 3 is 2.50 bits per heavy atom. The lowest BCUT2D eigenvalue weighted by atomic mass is 10.2. The van der Waals surface area contributed by atoms with Gasteiger partial charge in [-0.1, -0.05) is 29.8 Å². The Balaban J connectivity index is 2.80. The van der Waals surface area contributed by atoms with Gasteiger partial charge in [0.05, 0.1) is 21.6 Å². The van der Waals surface area contributed by atoms with Crippen molar-refractivity contribution in [2.45, 2.75) is 12.7 Å². The van der Waals surface area contributed by atoms with Crippen molar-refractivity contribution in [3.8, 4) is 6.07 Å². The largest absolute Gasteiger partial charge is 0.252 e. The molecule has 0 radical (unpaired) electrons. The monoisotopic (exact) mass is 208 g/mol. The zero-order valence-electron chi connectivity index (χ0n) is 7.99. The molecule has 0 bridgehead atoms. The molecule has 1 rings (SSSR count). The second kappa shape index (κ2) is 4.25. The zero-order chi connectivity index (χ0) is 10.6. The topological polar surface area (TPSA) is 64.7 Å². The summed E-state index contributed by atoms with van der Waals surface area (Å²) >= 11 is 0. The van der Waals surface area contributed by atoms with Gasteiger partial charge in [0, 0.05) is 0 Å². The van der Waals surface area contributed by atoms with Crippen LogP contribution >= 0.6 is 0 Å². The molecule has 0 saturated heterocycles. The number of nitriles is 1. The van der Waals surface area contributed by atoms with Gasteiger partial charge in [0.25, 0.3) is 0 Å². The van der Waals surface area contributed by atoms with Crippen LogP contribution in [0.4, 0.5) is 0 Å². The minimum Gasteiger partial charge on any atom is -0.252 e. The Hall–Kier alpha value is -1.34. The SMILES string of the molecule is Cc1ccc(CS(=N)(=O)CC#N)cc1. The van der Waals surface area contributed by atoms with Gasteiger partial charge in [-0.05, 0) is 12.5 Å². The average Bonchev–Trinajstić information content (AvgIpc) is 2.08. The first-order valence-electron chi connectivity index (χ1n) is 4.20. The van der Waals surface area contributed by atoms with Gasteiger partial charge in [0.2, 0.25) is 0 Å². The van der Waals surface area contributed by atoms with E-state index >= 15 is 0 Å². The van der Waals surface area contributed by atoms with E-state index in [0.717, 1.165) is 11.1 Å². The van der Waals surface area contributed by atoms with Crippen LogP contribution < -0.4 is 0 Å². The number of hydrogen-bond donors (Lipinski definition) is 1. The van der Waals surface area contributed by atoms with Crippen LogP contribution in [0.5, 0.6) is 0 Å². The minimum absolute atomic E-state index is 0.167. The van der Waals surface area contributed by atoms with Crippen molar-refractivity contribution in [1.29, 1.82) is 10.0 Å². The number of hydrogen-bond acceptors (Lipinski definition) is 3. The quantitative estimate of drug-likeness (QED) is 0.826. The molecule has 0 aliphatic carbocycles. The molecule has 0 aromatic heterocycles. The molecule has 0 amide bonds. The maximum Gasteiger partial charge on any atom is 0.119 e. The first kappa shape index (κ1) is 10.7. The van der Waals surface area contributed by atoms with Crippen molar-refractivity contribution in [3.05, 3.63) is 35.4 Å². The molecular weight excluding hydrogens is 196 g/mol. The highest BCUT2D eigenvalue weighted by Gasteiger charge is 2.06. The maximum atomic E-state index is 11.5. The van der Waals surface area contributed by atoms with Gasteiger partial charge in [0.15, 0.2) is 0 Å². The molecule has 1 N–H and O–H groups in total. The summed E-state index contributed by atoms with van der Waals surface area (Å²) in [5, 5.41) is 8.37. The summed E-state index contributed by atoms with van der Waals surface area (Å²) < 4.78 is 18.9. The second-order valence-corrected chi connectivity index (χ2v) is 5.45. The van der Waals surface area contributed by atoms with Gasteiger partial charge in [0.1, 0.15) is 5.75 Å². The van der Waals surface area contributed by atoms with Crippen molar-refractivity contribution in [2.75, 3.05) is 5.75 Å². The van der Waals surface area contributed by atoms with Crippen molar-refractivity contribution >= 4 is 9.73 Å². The third-order valence-corrected chi connectivity index (χ3v) is 3.21. The van der Waals surface area contributed by atoms with Crippen molar-refractivity contribution in [2.24, 2.45) is 0 Å². The highest BCUT2D eigenvalue weighted by Crippen LogP contribution is 2.08. The summed E-state index contributed by atoms with van der Waals surface area (Å²) in [7, 11) is -2.76. The normalized spacial score (nSPS) is 14.3. The van der Waals surface area contributed by atoms with E-state index in [4.69, 9.17) is 10.0 Å². The summed E-state index contributed by atoms with van der Waals surface area (Å²) in [4.78, 5) is 0. The van der Waals surface area contributed by atoms with Crippen LogP contribution in [0.1, 0.15) is 11.1 Å². The first-order chi connectivity index (χ1) is 6.53. The molecule has 0 fully saturated rings. The van der Waals surface area contributed by atoms with Crippen LogP contribution in [-0.2, 0) is 15.5 Å². The Morgan fingerprint density at radius 1 is 1.43 bits per heavy atom. The zero-order valence-corrected chi connectivity index (χ0v) is 8.80. The number of aryl methyl sites for hydroxylation is 1. The number of benzene rings is 1. The Kier molecular flexibility index (Phi) is 3.26. The molecule has 3 nitrogen and oxygen atoms in total. The van der Waals surface area contributed by atoms with Crippen molar-refractivity contribution in [3.63, 3.8) is 0 Å². The molecule has 1 aromatic carbocycles. The molecule has 4 heteroatoms.